The first-order valence-corrected chi connectivity index (χ1v) is 8.41. The van der Waals surface area contributed by atoms with E-state index in [1.165, 1.54) is 0 Å². The second-order valence-electron chi connectivity index (χ2n) is 6.10. The molecule has 0 aromatic carbocycles. The number of guanidine groups is 1. The topological polar surface area (TPSA) is 68.5 Å². The van der Waals surface area contributed by atoms with E-state index in [0.717, 1.165) is 57.6 Å². The number of amides is 1. The number of hydrogen-bond donors (Lipinski definition) is 1. The van der Waals surface area contributed by atoms with Gasteiger partial charge >= 0.3 is 0 Å². The van der Waals surface area contributed by atoms with E-state index in [2.05, 4.69) is 26.7 Å². The zero-order valence-corrected chi connectivity index (χ0v) is 13.8. The highest BCUT2D eigenvalue weighted by Gasteiger charge is 2.28. The van der Waals surface area contributed by atoms with Crippen LogP contribution < -0.4 is 0 Å². The van der Waals surface area contributed by atoms with E-state index in [0.29, 0.717) is 12.5 Å². The van der Waals surface area contributed by atoms with Gasteiger partial charge < -0.3 is 10.0 Å². The van der Waals surface area contributed by atoms with Gasteiger partial charge in [-0.25, -0.2) is 4.99 Å². The van der Waals surface area contributed by atoms with E-state index in [1.54, 1.807) is 0 Å². The monoisotopic (exact) mass is 308 g/mol. The number of carbonyl (C=O) groups is 1. The fourth-order valence-electron chi connectivity index (χ4n) is 3.00. The van der Waals surface area contributed by atoms with Gasteiger partial charge in [0, 0.05) is 38.4 Å². The van der Waals surface area contributed by atoms with Gasteiger partial charge in [-0.2, -0.15) is 4.99 Å². The molecule has 6 nitrogen and oxygen atoms in total. The van der Waals surface area contributed by atoms with Gasteiger partial charge in [0.05, 0.1) is 12.5 Å². The molecule has 2 heterocycles. The fourth-order valence-corrected chi connectivity index (χ4v) is 3.00. The molecule has 22 heavy (non-hydrogen) atoms. The van der Waals surface area contributed by atoms with Crippen LogP contribution in [0.2, 0.25) is 0 Å². The third-order valence-corrected chi connectivity index (χ3v) is 4.46. The highest BCUT2D eigenvalue weighted by Crippen LogP contribution is 2.19. The van der Waals surface area contributed by atoms with Gasteiger partial charge in [0.15, 0.2) is 0 Å². The first kappa shape index (κ1) is 17.1. The van der Waals surface area contributed by atoms with Crippen molar-refractivity contribution >= 4 is 17.6 Å². The molecule has 1 N–H and O–H groups in total. The van der Waals surface area contributed by atoms with Gasteiger partial charge in [-0.05, 0) is 13.3 Å². The van der Waals surface area contributed by atoms with Crippen molar-refractivity contribution in [2.24, 2.45) is 15.9 Å². The van der Waals surface area contributed by atoms with Gasteiger partial charge in [-0.15, -0.1) is 0 Å². The molecule has 1 fully saturated rings. The minimum atomic E-state index is -0.119. The molecular formula is C16H28N4O2. The summed E-state index contributed by atoms with van der Waals surface area (Å²) in [5, 5.41) is 8.97. The van der Waals surface area contributed by atoms with Crippen LogP contribution in [0, 0.1) is 5.92 Å². The van der Waals surface area contributed by atoms with Gasteiger partial charge in [0.2, 0.25) is 5.96 Å². The number of aliphatic hydroxyl groups is 1. The maximum atomic E-state index is 12.3. The van der Waals surface area contributed by atoms with E-state index < -0.39 is 0 Å². The van der Waals surface area contributed by atoms with E-state index in [-0.39, 0.29) is 18.4 Å². The number of piperazine rings is 1. The third-order valence-electron chi connectivity index (χ3n) is 4.46. The molecule has 0 radical (unpaired) electrons. The molecule has 0 bridgehead atoms. The van der Waals surface area contributed by atoms with Gasteiger partial charge in [-0.1, -0.05) is 26.2 Å². The van der Waals surface area contributed by atoms with Crippen molar-refractivity contribution in [1.29, 1.82) is 0 Å². The number of β-amino-alcohol motifs (C(OH)–C–C–N with tert-alkyl or cyclic N) is 1. The lowest BCUT2D eigenvalue weighted by molar-refractivity contribution is -0.120. The summed E-state index contributed by atoms with van der Waals surface area (Å²) in [5.41, 5.74) is 0.906. The SMILES string of the molecule is CCCCCC1C(=O)N=C(N2CCN(CCO)CC2)N=C1C. The Hall–Kier alpha value is -1.27. The highest BCUT2D eigenvalue weighted by atomic mass is 16.3. The van der Waals surface area contributed by atoms with Gasteiger partial charge in [0.1, 0.15) is 0 Å². The molecule has 0 aliphatic carbocycles. The molecule has 2 rings (SSSR count). The number of carbonyl (C=O) groups excluding carboxylic acids is 1. The van der Waals surface area contributed by atoms with Crippen LogP contribution in [-0.2, 0) is 4.79 Å². The summed E-state index contributed by atoms with van der Waals surface area (Å²) in [4.78, 5) is 25.4. The van der Waals surface area contributed by atoms with Crippen LogP contribution >= 0.6 is 0 Å². The Kier molecular flexibility index (Phi) is 6.51. The summed E-state index contributed by atoms with van der Waals surface area (Å²) < 4.78 is 0. The molecular weight excluding hydrogens is 280 g/mol. The van der Waals surface area contributed by atoms with Gasteiger partial charge in [0.25, 0.3) is 5.91 Å². The number of unbranched alkanes of at least 4 members (excludes halogenated alkanes) is 2. The Bertz CT molecular complexity index is 439. The number of aliphatic hydroxyl groups excluding tert-OH is 1. The van der Waals surface area contributed by atoms with E-state index in [9.17, 15) is 4.79 Å². The molecule has 1 saturated heterocycles. The van der Waals surface area contributed by atoms with E-state index in [1.807, 2.05) is 6.92 Å². The molecule has 0 aromatic rings. The number of rotatable bonds is 6. The predicted octanol–water partition coefficient (Wildman–Crippen LogP) is 1.15. The zero-order chi connectivity index (χ0) is 15.9. The molecule has 0 aromatic heterocycles. The Morgan fingerprint density at radius 3 is 2.50 bits per heavy atom. The van der Waals surface area contributed by atoms with Crippen LogP contribution in [0.3, 0.4) is 0 Å². The summed E-state index contributed by atoms with van der Waals surface area (Å²) in [6, 6.07) is 0. The van der Waals surface area contributed by atoms with Gasteiger partial charge in [-0.3, -0.25) is 9.69 Å². The largest absolute Gasteiger partial charge is 0.395 e. The normalized spacial score (nSPS) is 23.5. The number of hydrogen-bond acceptors (Lipinski definition) is 5. The Morgan fingerprint density at radius 2 is 1.91 bits per heavy atom. The molecule has 1 amide bonds. The summed E-state index contributed by atoms with van der Waals surface area (Å²) >= 11 is 0. The van der Waals surface area contributed by atoms with E-state index >= 15 is 0 Å². The van der Waals surface area contributed by atoms with Crippen molar-refractivity contribution in [1.82, 2.24) is 9.80 Å². The lowest BCUT2D eigenvalue weighted by Gasteiger charge is -2.35. The van der Waals surface area contributed by atoms with Crippen molar-refractivity contribution in [3.63, 3.8) is 0 Å². The van der Waals surface area contributed by atoms with Crippen LogP contribution in [0.25, 0.3) is 0 Å². The first-order chi connectivity index (χ1) is 10.7. The zero-order valence-electron chi connectivity index (χ0n) is 13.8. The summed E-state index contributed by atoms with van der Waals surface area (Å²) in [7, 11) is 0. The van der Waals surface area contributed by atoms with Crippen LogP contribution in [0.15, 0.2) is 9.98 Å². The standard InChI is InChI=1S/C16H28N4O2/c1-3-4-5-6-14-13(2)17-16(18-15(14)22)20-9-7-19(8-10-20)11-12-21/h14,21H,3-12H2,1-2H3. The quantitative estimate of drug-likeness (QED) is 0.747. The maximum absolute atomic E-state index is 12.3. The summed E-state index contributed by atoms with van der Waals surface area (Å²) in [5.74, 6) is 0.431. The van der Waals surface area contributed by atoms with Crippen LogP contribution in [0.5, 0.6) is 0 Å². The molecule has 124 valence electrons. The molecule has 2 aliphatic heterocycles. The Balaban J connectivity index is 1.91. The van der Waals surface area contributed by atoms with Crippen LogP contribution in [-0.4, -0.2) is 71.8 Å². The molecule has 0 spiro atoms. The van der Waals surface area contributed by atoms with Crippen LogP contribution in [0.1, 0.15) is 39.5 Å². The average Bonchev–Trinajstić information content (AvgIpc) is 2.51. The molecule has 6 heteroatoms. The van der Waals surface area contributed by atoms with Crippen molar-refractivity contribution in [3.8, 4) is 0 Å². The van der Waals surface area contributed by atoms with E-state index in [4.69, 9.17) is 5.11 Å². The fraction of sp³-hybridized carbons (Fsp3) is 0.812. The molecule has 1 unspecified atom stereocenters. The lowest BCUT2D eigenvalue weighted by atomic mass is 9.95. The Labute approximate surface area is 132 Å². The van der Waals surface area contributed by atoms with Crippen LogP contribution in [0.4, 0.5) is 0 Å². The van der Waals surface area contributed by atoms with Crippen molar-refractivity contribution < 1.29 is 9.90 Å². The van der Waals surface area contributed by atoms with Crippen molar-refractivity contribution in [3.05, 3.63) is 0 Å². The molecule has 2 aliphatic rings. The third kappa shape index (κ3) is 4.36. The highest BCUT2D eigenvalue weighted by molar-refractivity contribution is 6.14. The second-order valence-corrected chi connectivity index (χ2v) is 6.10. The predicted molar refractivity (Wildman–Crippen MR) is 88.3 cm³/mol. The molecule has 0 saturated carbocycles. The minimum absolute atomic E-state index is 0.0311. The van der Waals surface area contributed by atoms with Crippen molar-refractivity contribution in [2.45, 2.75) is 39.5 Å². The molecule has 1 atom stereocenters. The van der Waals surface area contributed by atoms with Crippen molar-refractivity contribution in [2.75, 3.05) is 39.3 Å². The summed E-state index contributed by atoms with van der Waals surface area (Å²) in [6.45, 7) is 8.38. The Morgan fingerprint density at radius 1 is 1.18 bits per heavy atom. The summed E-state index contributed by atoms with van der Waals surface area (Å²) in [6.07, 6.45) is 4.23. The number of nitrogens with zero attached hydrogens (tertiary/aromatic N) is 4. The first-order valence-electron chi connectivity index (χ1n) is 8.41. The lowest BCUT2D eigenvalue weighted by Crippen LogP contribution is -2.50. The second kappa shape index (κ2) is 8.39. The smallest absolute Gasteiger partial charge is 0.257 e. The minimum Gasteiger partial charge on any atom is -0.395 e. The number of aliphatic imine (C=N–C) groups is 2. The maximum Gasteiger partial charge on any atom is 0.257 e. The average molecular weight is 308 g/mol.